The normalized spacial score (nSPS) is 18.8. The number of benzene rings is 1. The Kier molecular flexibility index (Phi) is 4.11. The van der Waals surface area contributed by atoms with E-state index >= 15 is 0 Å². The van der Waals surface area contributed by atoms with Crippen molar-refractivity contribution in [2.45, 2.75) is 26.8 Å². The molecule has 0 aliphatic carbocycles. The first-order valence-electron chi connectivity index (χ1n) is 6.67. The first-order valence-corrected chi connectivity index (χ1v) is 6.67. The summed E-state index contributed by atoms with van der Waals surface area (Å²) >= 11 is 0. The van der Waals surface area contributed by atoms with Gasteiger partial charge in [0.05, 0.1) is 0 Å². The predicted molar refractivity (Wildman–Crippen MR) is 78.0 cm³/mol. The van der Waals surface area contributed by atoms with E-state index in [4.69, 9.17) is 0 Å². The summed E-state index contributed by atoms with van der Waals surface area (Å²) < 4.78 is 0. The average Bonchev–Trinajstić information content (AvgIpc) is 2.38. The summed E-state index contributed by atoms with van der Waals surface area (Å²) in [7, 11) is 0. The molecule has 0 N–H and O–H groups in total. The molecule has 1 saturated heterocycles. The smallest absolute Gasteiger partial charge is 0.298 e. The third-order valence-corrected chi connectivity index (χ3v) is 3.48. The summed E-state index contributed by atoms with van der Waals surface area (Å²) in [5, 5.41) is 0. The number of carbonyl (C=O) groups excluding carboxylic acids is 1. The Labute approximate surface area is 115 Å². The molecule has 3 nitrogen and oxygen atoms in total. The third kappa shape index (κ3) is 3.08. The van der Waals surface area contributed by atoms with Crippen molar-refractivity contribution in [2.24, 2.45) is 0 Å². The predicted octanol–water partition coefficient (Wildman–Crippen LogP) is 2.06. The molecule has 19 heavy (non-hydrogen) atoms. The molecule has 100 valence electrons. The van der Waals surface area contributed by atoms with Gasteiger partial charge in [0.15, 0.2) is 0 Å². The molecule has 0 aromatic heterocycles. The maximum Gasteiger partial charge on any atom is 0.298 e. The van der Waals surface area contributed by atoms with Crippen LogP contribution in [-0.2, 0) is 4.79 Å². The highest BCUT2D eigenvalue weighted by Gasteiger charge is 2.26. The number of rotatable bonds is 1. The van der Waals surface area contributed by atoms with E-state index in [1.54, 1.807) is 6.92 Å². The van der Waals surface area contributed by atoms with Crippen LogP contribution >= 0.6 is 0 Å². The molecule has 2 rings (SSSR count). The molecule has 0 radical (unpaired) electrons. The fourth-order valence-corrected chi connectivity index (χ4v) is 2.52. The lowest BCUT2D eigenvalue weighted by Crippen LogP contribution is -2.53. The lowest BCUT2D eigenvalue weighted by molar-refractivity contribution is -0.125. The van der Waals surface area contributed by atoms with Crippen LogP contribution in [0.4, 0.5) is 5.69 Å². The zero-order valence-electron chi connectivity index (χ0n) is 11.8. The van der Waals surface area contributed by atoms with Gasteiger partial charge in [-0.25, -0.2) is 0 Å². The summed E-state index contributed by atoms with van der Waals surface area (Å²) in [5.41, 5.74) is 2.50. The third-order valence-electron chi connectivity index (χ3n) is 3.48. The van der Waals surface area contributed by atoms with E-state index in [-0.39, 0.29) is 5.91 Å². The van der Waals surface area contributed by atoms with Gasteiger partial charge < -0.3 is 9.80 Å². The minimum Gasteiger partial charge on any atom is -0.365 e. The monoisotopic (exact) mass is 256 g/mol. The van der Waals surface area contributed by atoms with Gasteiger partial charge in [-0.1, -0.05) is 18.1 Å². The minimum atomic E-state index is -0.0572. The second-order valence-corrected chi connectivity index (χ2v) is 5.01. The van der Waals surface area contributed by atoms with Crippen LogP contribution in [0.1, 0.15) is 19.4 Å². The first-order chi connectivity index (χ1) is 9.11. The number of carbonyl (C=O) groups is 1. The number of hydrogen-bond acceptors (Lipinski definition) is 2. The Morgan fingerprint density at radius 1 is 1.37 bits per heavy atom. The van der Waals surface area contributed by atoms with E-state index in [9.17, 15) is 4.79 Å². The summed E-state index contributed by atoms with van der Waals surface area (Å²) in [5.74, 6) is 5.24. The van der Waals surface area contributed by atoms with Gasteiger partial charge >= 0.3 is 0 Å². The fourth-order valence-electron chi connectivity index (χ4n) is 2.52. The molecule has 0 spiro atoms. The lowest BCUT2D eigenvalue weighted by atomic mass is 10.1. The Hall–Kier alpha value is -1.95. The number of aryl methyl sites for hydroxylation is 1. The molecule has 0 bridgehead atoms. The topological polar surface area (TPSA) is 23.6 Å². The maximum absolute atomic E-state index is 11.8. The van der Waals surface area contributed by atoms with Crippen molar-refractivity contribution in [2.75, 3.05) is 24.5 Å². The van der Waals surface area contributed by atoms with Crippen LogP contribution < -0.4 is 4.90 Å². The highest BCUT2D eigenvalue weighted by molar-refractivity contribution is 5.93. The van der Waals surface area contributed by atoms with Crippen molar-refractivity contribution >= 4 is 11.6 Å². The SMILES string of the molecule is CC#CC(=O)N1CCN(c2cccc(C)c2)C(C)C1. The molecule has 1 heterocycles. The molecule has 3 heteroatoms. The molecule has 1 aromatic carbocycles. The Balaban J connectivity index is 2.08. The van der Waals surface area contributed by atoms with Crippen LogP contribution in [0.3, 0.4) is 0 Å². The van der Waals surface area contributed by atoms with Gasteiger partial charge in [0.25, 0.3) is 5.91 Å². The Morgan fingerprint density at radius 2 is 2.16 bits per heavy atom. The molecule has 1 aromatic rings. The van der Waals surface area contributed by atoms with E-state index in [0.717, 1.165) is 19.6 Å². The van der Waals surface area contributed by atoms with E-state index < -0.39 is 0 Å². The second-order valence-electron chi connectivity index (χ2n) is 5.01. The second kappa shape index (κ2) is 5.79. The maximum atomic E-state index is 11.8. The first kappa shape index (κ1) is 13.5. The van der Waals surface area contributed by atoms with E-state index in [0.29, 0.717) is 6.04 Å². The van der Waals surface area contributed by atoms with Crippen LogP contribution in [0.5, 0.6) is 0 Å². The molecule has 1 amide bonds. The van der Waals surface area contributed by atoms with Gasteiger partial charge in [-0.05, 0) is 44.4 Å². The van der Waals surface area contributed by atoms with Gasteiger partial charge in [0.2, 0.25) is 0 Å². The largest absolute Gasteiger partial charge is 0.365 e. The molecule has 1 fully saturated rings. The molecular weight excluding hydrogens is 236 g/mol. The molecule has 1 atom stereocenters. The van der Waals surface area contributed by atoms with Crippen molar-refractivity contribution < 1.29 is 4.79 Å². The van der Waals surface area contributed by atoms with Crippen molar-refractivity contribution in [3.63, 3.8) is 0 Å². The molecule has 1 aliphatic rings. The van der Waals surface area contributed by atoms with Crippen molar-refractivity contribution in [1.29, 1.82) is 0 Å². The summed E-state index contributed by atoms with van der Waals surface area (Å²) in [6.45, 7) is 8.30. The highest BCUT2D eigenvalue weighted by Crippen LogP contribution is 2.21. The fraction of sp³-hybridized carbons (Fsp3) is 0.438. The molecule has 1 unspecified atom stereocenters. The lowest BCUT2D eigenvalue weighted by Gasteiger charge is -2.40. The number of amides is 1. The van der Waals surface area contributed by atoms with Gasteiger partial charge in [0, 0.05) is 31.4 Å². The number of piperazine rings is 1. The van der Waals surface area contributed by atoms with Crippen LogP contribution in [0.2, 0.25) is 0 Å². The quantitative estimate of drug-likeness (QED) is 0.718. The molecular formula is C16H20N2O. The minimum absolute atomic E-state index is 0.0572. The van der Waals surface area contributed by atoms with Crippen LogP contribution in [-0.4, -0.2) is 36.5 Å². The van der Waals surface area contributed by atoms with E-state index in [2.05, 4.69) is 54.9 Å². The van der Waals surface area contributed by atoms with E-state index in [1.807, 2.05) is 4.90 Å². The zero-order chi connectivity index (χ0) is 13.8. The van der Waals surface area contributed by atoms with Crippen molar-refractivity contribution in [3.05, 3.63) is 29.8 Å². The molecule has 1 aliphatic heterocycles. The number of hydrogen-bond donors (Lipinski definition) is 0. The van der Waals surface area contributed by atoms with Gasteiger partial charge in [-0.15, -0.1) is 0 Å². The standard InChI is InChI=1S/C16H20N2O/c1-4-6-16(19)17-9-10-18(14(3)12-17)15-8-5-7-13(2)11-15/h5,7-8,11,14H,9-10,12H2,1-3H3. The van der Waals surface area contributed by atoms with Crippen molar-refractivity contribution in [1.82, 2.24) is 4.90 Å². The average molecular weight is 256 g/mol. The zero-order valence-corrected chi connectivity index (χ0v) is 11.8. The van der Waals surface area contributed by atoms with Crippen LogP contribution in [0, 0.1) is 18.8 Å². The van der Waals surface area contributed by atoms with Gasteiger partial charge in [-0.3, -0.25) is 4.79 Å². The summed E-state index contributed by atoms with van der Waals surface area (Å²) in [6, 6.07) is 8.83. The summed E-state index contributed by atoms with van der Waals surface area (Å²) in [6.07, 6.45) is 0. The highest BCUT2D eigenvalue weighted by atomic mass is 16.2. The number of anilines is 1. The van der Waals surface area contributed by atoms with Crippen molar-refractivity contribution in [3.8, 4) is 11.8 Å². The molecule has 0 saturated carbocycles. The Morgan fingerprint density at radius 3 is 2.79 bits per heavy atom. The van der Waals surface area contributed by atoms with Crippen LogP contribution in [0.15, 0.2) is 24.3 Å². The van der Waals surface area contributed by atoms with Gasteiger partial charge in [0.1, 0.15) is 0 Å². The van der Waals surface area contributed by atoms with Crippen LogP contribution in [0.25, 0.3) is 0 Å². The van der Waals surface area contributed by atoms with E-state index in [1.165, 1.54) is 11.3 Å². The number of nitrogens with zero attached hydrogens (tertiary/aromatic N) is 2. The summed E-state index contributed by atoms with van der Waals surface area (Å²) in [4.78, 5) is 16.0. The van der Waals surface area contributed by atoms with Gasteiger partial charge in [-0.2, -0.15) is 0 Å². The Bertz CT molecular complexity index is 527.